The van der Waals surface area contributed by atoms with Crippen molar-refractivity contribution in [2.75, 3.05) is 37.8 Å². The van der Waals surface area contributed by atoms with Gasteiger partial charge in [-0.15, -0.1) is 0 Å². The Labute approximate surface area is 138 Å². The number of hydrogen-bond donors (Lipinski definition) is 0. The number of aromatic nitrogens is 1. The van der Waals surface area contributed by atoms with Crippen LogP contribution in [0.3, 0.4) is 0 Å². The number of anilines is 1. The van der Waals surface area contributed by atoms with E-state index in [1.807, 2.05) is 24.4 Å². The van der Waals surface area contributed by atoms with Gasteiger partial charge in [-0.2, -0.15) is 0 Å². The standard InChI is InChI=1S/C17H23N3O2S/c1-19(23(2,21)22)13-14-8-11-20(12-9-14)17-16-6-4-3-5-15(16)7-10-18-17/h3-7,10,14H,8-9,11-13H2,1-2H3. The molecule has 1 aromatic heterocycles. The molecule has 6 heteroatoms. The molecule has 1 saturated heterocycles. The van der Waals surface area contributed by atoms with E-state index in [-0.39, 0.29) is 0 Å². The SMILES string of the molecule is CN(CC1CCN(c2nccc3ccccc23)CC1)S(C)(=O)=O. The molecule has 2 aromatic rings. The molecule has 0 N–H and O–H groups in total. The van der Waals surface area contributed by atoms with Gasteiger partial charge in [0.25, 0.3) is 0 Å². The van der Waals surface area contributed by atoms with Gasteiger partial charge in [-0.25, -0.2) is 17.7 Å². The van der Waals surface area contributed by atoms with Gasteiger partial charge in [0.15, 0.2) is 0 Å². The summed E-state index contributed by atoms with van der Waals surface area (Å²) in [6.07, 6.45) is 5.11. The number of rotatable bonds is 4. The maximum absolute atomic E-state index is 11.5. The smallest absolute Gasteiger partial charge is 0.210 e. The van der Waals surface area contributed by atoms with Crippen LogP contribution in [0.15, 0.2) is 36.5 Å². The summed E-state index contributed by atoms with van der Waals surface area (Å²) in [6.45, 7) is 2.45. The van der Waals surface area contributed by atoms with E-state index < -0.39 is 10.0 Å². The van der Waals surface area contributed by atoms with Crippen LogP contribution in [0, 0.1) is 5.92 Å². The zero-order chi connectivity index (χ0) is 16.4. The van der Waals surface area contributed by atoms with Gasteiger partial charge in [-0.05, 0) is 30.2 Å². The molecular formula is C17H23N3O2S. The second-order valence-electron chi connectivity index (χ2n) is 6.33. The summed E-state index contributed by atoms with van der Waals surface area (Å²) in [4.78, 5) is 6.89. The van der Waals surface area contributed by atoms with Crippen LogP contribution < -0.4 is 4.90 Å². The first-order valence-corrected chi connectivity index (χ1v) is 9.80. The first-order chi connectivity index (χ1) is 10.9. The zero-order valence-corrected chi connectivity index (χ0v) is 14.5. The highest BCUT2D eigenvalue weighted by Crippen LogP contribution is 2.28. The molecule has 5 nitrogen and oxygen atoms in total. The Morgan fingerprint density at radius 1 is 1.22 bits per heavy atom. The summed E-state index contributed by atoms with van der Waals surface area (Å²) in [5, 5.41) is 2.39. The first kappa shape index (κ1) is 16.2. The highest BCUT2D eigenvalue weighted by atomic mass is 32.2. The van der Waals surface area contributed by atoms with Crippen LogP contribution in [0.5, 0.6) is 0 Å². The minimum Gasteiger partial charge on any atom is -0.356 e. The van der Waals surface area contributed by atoms with Crippen molar-refractivity contribution in [2.45, 2.75) is 12.8 Å². The molecule has 0 radical (unpaired) electrons. The maximum Gasteiger partial charge on any atom is 0.210 e. The summed E-state index contributed by atoms with van der Waals surface area (Å²) in [5.41, 5.74) is 0. The Balaban J connectivity index is 1.69. The Hall–Kier alpha value is -1.66. The van der Waals surface area contributed by atoms with Crippen molar-refractivity contribution in [3.8, 4) is 0 Å². The molecule has 3 rings (SSSR count). The Morgan fingerprint density at radius 3 is 2.61 bits per heavy atom. The van der Waals surface area contributed by atoms with Crippen LogP contribution in [-0.4, -0.2) is 50.6 Å². The fourth-order valence-corrected chi connectivity index (χ4v) is 3.66. The van der Waals surface area contributed by atoms with Crippen molar-refractivity contribution in [2.24, 2.45) is 5.92 Å². The third kappa shape index (κ3) is 3.64. The number of fused-ring (bicyclic) bond motifs is 1. The fraction of sp³-hybridized carbons (Fsp3) is 0.471. The average Bonchev–Trinajstić information content (AvgIpc) is 2.54. The molecule has 0 unspecified atom stereocenters. The van der Waals surface area contributed by atoms with Crippen molar-refractivity contribution < 1.29 is 8.42 Å². The van der Waals surface area contributed by atoms with Crippen molar-refractivity contribution in [1.82, 2.24) is 9.29 Å². The Bertz CT molecular complexity index is 778. The Morgan fingerprint density at radius 2 is 1.91 bits per heavy atom. The van der Waals surface area contributed by atoms with Crippen LogP contribution in [0.25, 0.3) is 10.8 Å². The highest BCUT2D eigenvalue weighted by molar-refractivity contribution is 7.88. The predicted octanol–water partition coefficient (Wildman–Crippen LogP) is 2.34. The number of hydrogen-bond acceptors (Lipinski definition) is 4. The first-order valence-electron chi connectivity index (χ1n) is 7.95. The van der Waals surface area contributed by atoms with Crippen LogP contribution in [0.1, 0.15) is 12.8 Å². The number of benzene rings is 1. The van der Waals surface area contributed by atoms with Gasteiger partial charge in [0.05, 0.1) is 6.26 Å². The molecular weight excluding hydrogens is 310 g/mol. The molecule has 23 heavy (non-hydrogen) atoms. The number of pyridine rings is 1. The Kier molecular flexibility index (Phi) is 4.55. The number of sulfonamides is 1. The summed E-state index contributed by atoms with van der Waals surface area (Å²) in [7, 11) is -1.43. The normalized spacial score (nSPS) is 17.1. The van der Waals surface area contributed by atoms with E-state index in [1.165, 1.54) is 21.3 Å². The molecule has 0 spiro atoms. The molecule has 2 heterocycles. The molecule has 0 atom stereocenters. The van der Waals surface area contributed by atoms with E-state index >= 15 is 0 Å². The lowest BCUT2D eigenvalue weighted by Gasteiger charge is -2.34. The monoisotopic (exact) mass is 333 g/mol. The molecule has 1 aromatic carbocycles. The van der Waals surface area contributed by atoms with Crippen molar-refractivity contribution in [1.29, 1.82) is 0 Å². The molecule has 1 aliphatic rings. The summed E-state index contributed by atoms with van der Waals surface area (Å²) in [5.74, 6) is 1.46. The van der Waals surface area contributed by atoms with E-state index in [2.05, 4.69) is 22.0 Å². The van der Waals surface area contributed by atoms with Gasteiger partial charge in [0.1, 0.15) is 5.82 Å². The summed E-state index contributed by atoms with van der Waals surface area (Å²) >= 11 is 0. The van der Waals surface area contributed by atoms with Gasteiger partial charge in [0.2, 0.25) is 10.0 Å². The molecule has 1 fully saturated rings. The molecule has 0 amide bonds. The average molecular weight is 333 g/mol. The second-order valence-corrected chi connectivity index (χ2v) is 8.42. The van der Waals surface area contributed by atoms with Gasteiger partial charge in [-0.3, -0.25) is 0 Å². The quantitative estimate of drug-likeness (QED) is 0.862. The van der Waals surface area contributed by atoms with Crippen LogP contribution >= 0.6 is 0 Å². The zero-order valence-electron chi connectivity index (χ0n) is 13.6. The highest BCUT2D eigenvalue weighted by Gasteiger charge is 2.24. The number of nitrogens with zero attached hydrogens (tertiary/aromatic N) is 3. The minimum atomic E-state index is -3.09. The van der Waals surface area contributed by atoms with Crippen LogP contribution in [0.4, 0.5) is 5.82 Å². The van der Waals surface area contributed by atoms with E-state index in [9.17, 15) is 8.42 Å². The van der Waals surface area contributed by atoms with Gasteiger partial charge in [0, 0.05) is 38.3 Å². The predicted molar refractivity (Wildman–Crippen MR) is 94.2 cm³/mol. The van der Waals surface area contributed by atoms with Gasteiger partial charge in [-0.1, -0.05) is 24.3 Å². The second kappa shape index (κ2) is 6.45. The lowest BCUT2D eigenvalue weighted by molar-refractivity contribution is 0.329. The third-order valence-electron chi connectivity index (χ3n) is 4.65. The molecule has 0 saturated carbocycles. The lowest BCUT2D eigenvalue weighted by atomic mass is 9.96. The van der Waals surface area contributed by atoms with Crippen molar-refractivity contribution in [3.63, 3.8) is 0 Å². The molecule has 0 aliphatic carbocycles. The topological polar surface area (TPSA) is 53.5 Å². The van der Waals surface area contributed by atoms with Gasteiger partial charge >= 0.3 is 0 Å². The largest absolute Gasteiger partial charge is 0.356 e. The van der Waals surface area contributed by atoms with Crippen LogP contribution in [-0.2, 0) is 10.0 Å². The number of piperidine rings is 1. The van der Waals surface area contributed by atoms with E-state index in [1.54, 1.807) is 7.05 Å². The lowest BCUT2D eigenvalue weighted by Crippen LogP contribution is -2.39. The van der Waals surface area contributed by atoms with Crippen molar-refractivity contribution in [3.05, 3.63) is 36.5 Å². The molecule has 124 valence electrons. The fourth-order valence-electron chi connectivity index (χ4n) is 3.18. The summed E-state index contributed by atoms with van der Waals surface area (Å²) < 4.78 is 24.5. The molecule has 1 aliphatic heterocycles. The maximum atomic E-state index is 11.5. The third-order valence-corrected chi connectivity index (χ3v) is 5.93. The van der Waals surface area contributed by atoms with E-state index in [4.69, 9.17) is 0 Å². The van der Waals surface area contributed by atoms with Gasteiger partial charge < -0.3 is 4.90 Å². The van der Waals surface area contributed by atoms with Crippen LogP contribution in [0.2, 0.25) is 0 Å². The summed E-state index contributed by atoms with van der Waals surface area (Å²) in [6, 6.07) is 10.3. The van der Waals surface area contributed by atoms with E-state index in [0.717, 1.165) is 31.7 Å². The van der Waals surface area contributed by atoms with Crippen molar-refractivity contribution >= 4 is 26.6 Å². The minimum absolute atomic E-state index is 0.418. The molecule has 0 bridgehead atoms. The van der Waals surface area contributed by atoms with E-state index in [0.29, 0.717) is 12.5 Å².